The second-order valence-electron chi connectivity index (χ2n) is 4.58. The number of nitro groups is 1. The molecular weight excluding hydrogens is 244 g/mol. The molecule has 0 aliphatic carbocycles. The maximum absolute atomic E-state index is 10.8. The van der Waals surface area contributed by atoms with Crippen molar-refractivity contribution in [3.05, 3.63) is 52.6 Å². The van der Waals surface area contributed by atoms with E-state index >= 15 is 0 Å². The maximum Gasteiger partial charge on any atom is 0.271 e. The van der Waals surface area contributed by atoms with Crippen LogP contribution in [0, 0.1) is 10.1 Å². The first-order valence-electron chi connectivity index (χ1n) is 6.06. The van der Waals surface area contributed by atoms with Gasteiger partial charge < -0.3 is 9.88 Å². The summed E-state index contributed by atoms with van der Waals surface area (Å²) in [6.45, 7) is 4.74. The Kier molecular flexibility index (Phi) is 3.79. The molecule has 0 saturated carbocycles. The van der Waals surface area contributed by atoms with Gasteiger partial charge in [0.2, 0.25) is 0 Å². The van der Waals surface area contributed by atoms with E-state index in [1.54, 1.807) is 24.7 Å². The molecule has 0 aliphatic heterocycles. The number of rotatable bonds is 5. The molecule has 0 fully saturated rings. The maximum atomic E-state index is 10.8. The molecule has 0 aliphatic rings. The van der Waals surface area contributed by atoms with Crippen LogP contribution in [0.4, 0.5) is 11.4 Å². The van der Waals surface area contributed by atoms with Crippen LogP contribution in [-0.2, 0) is 6.54 Å². The SMILES string of the molecule is CC(C)N(Cc1cnc[nH]1)c1cccc([N+](=O)[O-])c1. The predicted molar refractivity (Wildman–Crippen MR) is 73.0 cm³/mol. The lowest BCUT2D eigenvalue weighted by Gasteiger charge is -2.28. The molecule has 6 heteroatoms. The van der Waals surface area contributed by atoms with E-state index in [9.17, 15) is 10.1 Å². The third kappa shape index (κ3) is 3.09. The van der Waals surface area contributed by atoms with Crippen molar-refractivity contribution >= 4 is 11.4 Å². The fourth-order valence-corrected chi connectivity index (χ4v) is 1.91. The Balaban J connectivity index is 2.28. The van der Waals surface area contributed by atoms with E-state index in [2.05, 4.69) is 28.7 Å². The van der Waals surface area contributed by atoms with Crippen LogP contribution < -0.4 is 4.90 Å². The number of anilines is 1. The molecule has 0 bridgehead atoms. The summed E-state index contributed by atoms with van der Waals surface area (Å²) in [6.07, 6.45) is 3.38. The molecular formula is C13H16N4O2. The second-order valence-corrected chi connectivity index (χ2v) is 4.58. The number of H-pyrrole nitrogens is 1. The molecule has 0 saturated heterocycles. The Morgan fingerprint density at radius 3 is 2.84 bits per heavy atom. The molecule has 2 aromatic rings. The zero-order valence-electron chi connectivity index (χ0n) is 10.9. The van der Waals surface area contributed by atoms with Crippen molar-refractivity contribution in [2.45, 2.75) is 26.4 Å². The van der Waals surface area contributed by atoms with Gasteiger partial charge in [-0.1, -0.05) is 6.07 Å². The summed E-state index contributed by atoms with van der Waals surface area (Å²) in [7, 11) is 0. The summed E-state index contributed by atoms with van der Waals surface area (Å²) in [4.78, 5) is 19.6. The number of imidazole rings is 1. The van der Waals surface area contributed by atoms with Gasteiger partial charge in [-0.25, -0.2) is 4.98 Å². The highest BCUT2D eigenvalue weighted by Gasteiger charge is 2.15. The summed E-state index contributed by atoms with van der Waals surface area (Å²) in [5.74, 6) is 0. The van der Waals surface area contributed by atoms with Gasteiger partial charge in [-0.15, -0.1) is 0 Å². The van der Waals surface area contributed by atoms with Crippen LogP contribution in [0.5, 0.6) is 0 Å². The number of aromatic nitrogens is 2. The minimum atomic E-state index is -0.377. The first-order chi connectivity index (χ1) is 9.08. The lowest BCUT2D eigenvalue weighted by molar-refractivity contribution is -0.384. The topological polar surface area (TPSA) is 75.1 Å². The summed E-state index contributed by atoms with van der Waals surface area (Å²) in [5, 5.41) is 10.8. The van der Waals surface area contributed by atoms with Gasteiger partial charge in [0.1, 0.15) is 0 Å². The third-order valence-corrected chi connectivity index (χ3v) is 2.89. The zero-order chi connectivity index (χ0) is 13.8. The van der Waals surface area contributed by atoms with Crippen molar-refractivity contribution in [3.63, 3.8) is 0 Å². The van der Waals surface area contributed by atoms with Gasteiger partial charge in [-0.3, -0.25) is 10.1 Å². The van der Waals surface area contributed by atoms with E-state index in [0.717, 1.165) is 11.4 Å². The number of aromatic amines is 1. The van der Waals surface area contributed by atoms with Gasteiger partial charge in [-0.05, 0) is 19.9 Å². The lowest BCUT2D eigenvalue weighted by atomic mass is 10.2. The van der Waals surface area contributed by atoms with Crippen molar-refractivity contribution in [3.8, 4) is 0 Å². The molecule has 0 atom stereocenters. The molecule has 0 amide bonds. The molecule has 6 nitrogen and oxygen atoms in total. The van der Waals surface area contributed by atoms with Gasteiger partial charge in [0.15, 0.2) is 0 Å². The standard InChI is InChI=1S/C13H16N4O2/c1-10(2)16(8-11-7-14-9-15-11)12-4-3-5-13(6-12)17(18)19/h3-7,9-10H,8H2,1-2H3,(H,14,15). The van der Waals surface area contributed by atoms with E-state index < -0.39 is 0 Å². The fraction of sp³-hybridized carbons (Fsp3) is 0.308. The van der Waals surface area contributed by atoms with Crippen molar-refractivity contribution in [1.82, 2.24) is 9.97 Å². The first-order valence-corrected chi connectivity index (χ1v) is 6.06. The largest absolute Gasteiger partial charge is 0.363 e. The summed E-state index contributed by atoms with van der Waals surface area (Å²) in [5.41, 5.74) is 1.91. The van der Waals surface area contributed by atoms with Gasteiger partial charge >= 0.3 is 0 Å². The van der Waals surface area contributed by atoms with E-state index in [1.165, 1.54) is 6.07 Å². The van der Waals surface area contributed by atoms with Crippen LogP contribution in [0.3, 0.4) is 0 Å². The van der Waals surface area contributed by atoms with E-state index in [0.29, 0.717) is 6.54 Å². The Morgan fingerprint density at radius 2 is 2.26 bits per heavy atom. The third-order valence-electron chi connectivity index (χ3n) is 2.89. The smallest absolute Gasteiger partial charge is 0.271 e. The number of benzene rings is 1. The molecule has 2 rings (SSSR count). The Bertz CT molecular complexity index is 552. The number of hydrogen-bond donors (Lipinski definition) is 1. The number of nitrogens with one attached hydrogen (secondary N) is 1. The fourth-order valence-electron chi connectivity index (χ4n) is 1.91. The Labute approximate surface area is 111 Å². The van der Waals surface area contributed by atoms with Gasteiger partial charge in [0.05, 0.1) is 23.5 Å². The minimum absolute atomic E-state index is 0.104. The molecule has 1 heterocycles. The van der Waals surface area contributed by atoms with Crippen LogP contribution in [0.2, 0.25) is 0 Å². The van der Waals surface area contributed by atoms with Crippen LogP contribution in [-0.4, -0.2) is 20.9 Å². The van der Waals surface area contributed by atoms with Crippen LogP contribution in [0.1, 0.15) is 19.5 Å². The second kappa shape index (κ2) is 5.51. The first kappa shape index (κ1) is 13.1. The normalized spacial score (nSPS) is 10.7. The average molecular weight is 260 g/mol. The summed E-state index contributed by atoms with van der Waals surface area (Å²) < 4.78 is 0. The molecule has 0 spiro atoms. The van der Waals surface area contributed by atoms with Crippen molar-refractivity contribution < 1.29 is 4.92 Å². The monoisotopic (exact) mass is 260 g/mol. The van der Waals surface area contributed by atoms with Crippen LogP contribution in [0.25, 0.3) is 0 Å². The van der Waals surface area contributed by atoms with Crippen molar-refractivity contribution in [2.75, 3.05) is 4.90 Å². The molecule has 0 unspecified atom stereocenters. The highest BCUT2D eigenvalue weighted by atomic mass is 16.6. The number of nitro benzene ring substituents is 1. The van der Waals surface area contributed by atoms with Gasteiger partial charge in [-0.2, -0.15) is 0 Å². The van der Waals surface area contributed by atoms with Crippen molar-refractivity contribution in [2.24, 2.45) is 0 Å². The molecule has 0 radical (unpaired) electrons. The minimum Gasteiger partial charge on any atom is -0.363 e. The molecule has 1 N–H and O–H groups in total. The lowest BCUT2D eigenvalue weighted by Crippen LogP contribution is -2.30. The molecule has 1 aromatic carbocycles. The van der Waals surface area contributed by atoms with E-state index in [-0.39, 0.29) is 16.7 Å². The van der Waals surface area contributed by atoms with Gasteiger partial charge in [0, 0.05) is 30.1 Å². The average Bonchev–Trinajstić information content (AvgIpc) is 2.88. The van der Waals surface area contributed by atoms with Gasteiger partial charge in [0.25, 0.3) is 5.69 Å². The summed E-state index contributed by atoms with van der Waals surface area (Å²) in [6, 6.07) is 6.90. The quantitative estimate of drug-likeness (QED) is 0.662. The highest BCUT2D eigenvalue weighted by Crippen LogP contribution is 2.24. The molecule has 1 aromatic heterocycles. The Morgan fingerprint density at radius 1 is 1.47 bits per heavy atom. The molecule has 19 heavy (non-hydrogen) atoms. The zero-order valence-corrected chi connectivity index (χ0v) is 10.9. The van der Waals surface area contributed by atoms with E-state index in [4.69, 9.17) is 0 Å². The van der Waals surface area contributed by atoms with Crippen molar-refractivity contribution in [1.29, 1.82) is 0 Å². The van der Waals surface area contributed by atoms with Crippen LogP contribution in [0.15, 0.2) is 36.8 Å². The summed E-state index contributed by atoms with van der Waals surface area (Å²) >= 11 is 0. The van der Waals surface area contributed by atoms with E-state index in [1.807, 2.05) is 6.07 Å². The highest BCUT2D eigenvalue weighted by molar-refractivity contribution is 5.53. The Hall–Kier alpha value is -2.37. The number of non-ortho nitro benzene ring substituents is 1. The molecule has 100 valence electrons. The predicted octanol–water partition coefficient (Wildman–Crippen LogP) is 2.73. The number of hydrogen-bond acceptors (Lipinski definition) is 4. The van der Waals surface area contributed by atoms with Crippen LogP contribution >= 0.6 is 0 Å². The number of nitrogens with zero attached hydrogens (tertiary/aromatic N) is 3.